The first-order valence-corrected chi connectivity index (χ1v) is 32.9. The molecule has 1 saturated heterocycles. The topological polar surface area (TPSA) is 181 Å². The quantitative estimate of drug-likeness (QED) is 0.0902. The highest BCUT2D eigenvalue weighted by molar-refractivity contribution is 9.10. The standard InChI is InChI=1S/C31H33N5O2.C22H17BrN4.C21H32BNO4/c1-30(2,3)38-29(37)35-31(18-10-19-31)26-24(17-16-21-11-5-4-6-12-21)34-28-22-13-7-8-14-23(22)33-27-25(36(26)28)15-9-20-32-27;23-20-18(13-12-15-7-2-1-3-8-15)26-22-16-9-4-5-10-17(16)25-21-19(27(20)22)11-6-14-24-21;1-18(2,3)25-17(24)23-21(13-8-14-21)15-9-11-16(12-10-15)22-26-19(4,5)20(6,7)27-22/h4-9,11-15,20H,10,16-19H2,1-3H3,(H,32,33)(H,35,37);1-11,14H,12-13H2,(H,24,25);9-12H,8,13-14H2,1-7H3,(H,23,24). The molecule has 92 heavy (non-hydrogen) atoms. The van der Waals surface area contributed by atoms with Gasteiger partial charge in [-0.2, -0.15) is 0 Å². The van der Waals surface area contributed by atoms with Crippen LogP contribution in [-0.4, -0.2) is 70.8 Å². The highest BCUT2D eigenvalue weighted by atomic mass is 79.9. The molecular weight excluding hydrogens is 1220 g/mol. The molecule has 0 radical (unpaired) electrons. The molecule has 4 aromatic heterocycles. The van der Waals surface area contributed by atoms with Gasteiger partial charge in [-0.1, -0.05) is 109 Å². The zero-order chi connectivity index (χ0) is 64.6. The van der Waals surface area contributed by atoms with Crippen molar-refractivity contribution in [2.75, 3.05) is 10.6 Å². The molecule has 0 spiro atoms. The van der Waals surface area contributed by atoms with Crippen LogP contribution in [0.1, 0.15) is 142 Å². The fraction of sp³-hybridized carbons (Fsp3) is 0.351. The van der Waals surface area contributed by atoms with E-state index in [-0.39, 0.29) is 30.0 Å². The lowest BCUT2D eigenvalue weighted by Gasteiger charge is -2.43. The molecule has 9 aromatic rings. The summed E-state index contributed by atoms with van der Waals surface area (Å²) in [5.74, 6) is 3.38. The molecule has 3 fully saturated rings. The number of rotatable bonds is 11. The Morgan fingerprint density at radius 2 is 0.978 bits per heavy atom. The summed E-state index contributed by atoms with van der Waals surface area (Å²) in [5, 5.41) is 13.3. The molecule has 2 saturated carbocycles. The van der Waals surface area contributed by atoms with Gasteiger partial charge in [0.25, 0.3) is 0 Å². The van der Waals surface area contributed by atoms with Gasteiger partial charge in [-0.15, -0.1) is 0 Å². The summed E-state index contributed by atoms with van der Waals surface area (Å²) in [6.45, 7) is 19.5. The molecule has 474 valence electrons. The highest BCUT2D eigenvalue weighted by Crippen LogP contribution is 2.49. The molecule has 18 heteroatoms. The number of halogens is 1. The van der Waals surface area contributed by atoms with E-state index in [0.29, 0.717) is 0 Å². The Morgan fingerprint density at radius 3 is 1.46 bits per heavy atom. The maximum Gasteiger partial charge on any atom is 0.494 e. The minimum Gasteiger partial charge on any atom is -0.444 e. The van der Waals surface area contributed by atoms with Crippen LogP contribution in [0, 0.1) is 0 Å². The molecule has 0 unspecified atom stereocenters. The van der Waals surface area contributed by atoms with Crippen LogP contribution in [0.2, 0.25) is 0 Å². The van der Waals surface area contributed by atoms with Crippen molar-refractivity contribution in [3.63, 3.8) is 0 Å². The van der Waals surface area contributed by atoms with E-state index in [1.807, 2.05) is 102 Å². The summed E-state index contributed by atoms with van der Waals surface area (Å²) in [5.41, 5.74) is 11.0. The molecule has 16 nitrogen and oxygen atoms in total. The minimum atomic E-state index is -0.584. The number of benzene rings is 5. The molecule has 0 atom stereocenters. The number of aromatic nitrogens is 6. The lowest BCUT2D eigenvalue weighted by atomic mass is 9.70. The Bertz CT molecular complexity index is 4110. The molecular formula is C74H82BBrN10O6. The number of ether oxygens (including phenoxy) is 2. The lowest BCUT2D eigenvalue weighted by Crippen LogP contribution is -2.53. The maximum absolute atomic E-state index is 13.1. The average Bonchev–Trinajstić information content (AvgIpc) is 1.55. The normalized spacial score (nSPS) is 16.4. The number of para-hydroxylation sites is 2. The highest BCUT2D eigenvalue weighted by Gasteiger charge is 2.52. The minimum absolute atomic E-state index is 0.337. The number of pyridine rings is 2. The number of hydrogen-bond donors (Lipinski definition) is 4. The van der Waals surface area contributed by atoms with Crippen LogP contribution in [0.3, 0.4) is 0 Å². The van der Waals surface area contributed by atoms with Gasteiger partial charge in [-0.25, -0.2) is 29.5 Å². The summed E-state index contributed by atoms with van der Waals surface area (Å²) in [6.07, 6.45) is 11.9. The van der Waals surface area contributed by atoms with E-state index >= 15 is 0 Å². The van der Waals surface area contributed by atoms with Crippen molar-refractivity contribution < 1.29 is 28.4 Å². The first-order chi connectivity index (χ1) is 44.0. The van der Waals surface area contributed by atoms with Gasteiger partial charge in [-0.05, 0) is 220 Å². The Morgan fingerprint density at radius 1 is 0.543 bits per heavy atom. The van der Waals surface area contributed by atoms with Gasteiger partial charge >= 0.3 is 19.3 Å². The number of aryl methyl sites for hydroxylation is 4. The molecule has 5 aromatic carbocycles. The Balaban J connectivity index is 0.000000136. The first-order valence-electron chi connectivity index (χ1n) is 32.1. The van der Waals surface area contributed by atoms with Crippen LogP contribution >= 0.6 is 15.9 Å². The number of carbonyl (C=O) groups is 2. The van der Waals surface area contributed by atoms with E-state index in [2.05, 4.69) is 181 Å². The predicted molar refractivity (Wildman–Crippen MR) is 368 cm³/mol. The van der Waals surface area contributed by atoms with Gasteiger partial charge in [-0.3, -0.25) is 9.13 Å². The van der Waals surface area contributed by atoms with E-state index < -0.39 is 22.8 Å². The zero-order valence-electron chi connectivity index (χ0n) is 54.3. The van der Waals surface area contributed by atoms with E-state index in [1.165, 1.54) is 11.1 Å². The van der Waals surface area contributed by atoms with Crippen molar-refractivity contribution in [1.29, 1.82) is 0 Å². The van der Waals surface area contributed by atoms with Gasteiger partial charge in [0.05, 0.1) is 62.1 Å². The molecule has 0 bridgehead atoms. The number of nitrogens with zero attached hydrogens (tertiary/aromatic N) is 6. The summed E-state index contributed by atoms with van der Waals surface area (Å²) >= 11 is 3.81. The van der Waals surface area contributed by atoms with Crippen molar-refractivity contribution in [3.8, 4) is 34.2 Å². The van der Waals surface area contributed by atoms with E-state index in [1.54, 1.807) is 12.4 Å². The van der Waals surface area contributed by atoms with Crippen LogP contribution in [0.25, 0.3) is 34.2 Å². The molecule has 5 aliphatic rings. The van der Waals surface area contributed by atoms with Gasteiger partial charge in [0.1, 0.15) is 27.5 Å². The lowest BCUT2D eigenvalue weighted by molar-refractivity contribution is 0.00578. The van der Waals surface area contributed by atoms with Crippen LogP contribution < -0.4 is 26.7 Å². The number of amides is 2. The van der Waals surface area contributed by atoms with Gasteiger partial charge in [0, 0.05) is 23.5 Å². The van der Waals surface area contributed by atoms with Crippen molar-refractivity contribution in [2.45, 2.75) is 167 Å². The van der Waals surface area contributed by atoms with Crippen molar-refractivity contribution in [1.82, 2.24) is 39.7 Å². The number of imidazole rings is 2. The Kier molecular flexibility index (Phi) is 17.6. The SMILES string of the molecule is Brc1c(CCc2ccccc2)nc2n1-c1cccnc1Nc1ccccc1-2.CC(C)(C)OC(=O)NC1(c2c(CCc3ccccc3)nc3n2-c2cccnc2Nc2ccccc2-3)CCC1.CC(C)(C)OC(=O)NC1(c2ccc(B3OC(C)(C)C(C)(C)O3)cc2)CCC1. The second-order valence-electron chi connectivity index (χ2n) is 27.5. The fourth-order valence-electron chi connectivity index (χ4n) is 12.4. The number of hydrogen-bond acceptors (Lipinski definition) is 12. The fourth-order valence-corrected chi connectivity index (χ4v) is 13.1. The van der Waals surface area contributed by atoms with Crippen molar-refractivity contribution in [3.05, 3.63) is 208 Å². The number of nitrogens with one attached hydrogen (secondary N) is 4. The predicted octanol–water partition coefficient (Wildman–Crippen LogP) is 16.1. The smallest absolute Gasteiger partial charge is 0.444 e. The molecule has 3 aliphatic heterocycles. The Labute approximate surface area is 549 Å². The third-order valence-electron chi connectivity index (χ3n) is 18.1. The molecule has 4 N–H and O–H groups in total. The molecule has 2 aliphatic carbocycles. The van der Waals surface area contributed by atoms with Crippen molar-refractivity contribution in [2.24, 2.45) is 0 Å². The van der Waals surface area contributed by atoms with Gasteiger partial charge < -0.3 is 40.0 Å². The average molecular weight is 1300 g/mol. The van der Waals surface area contributed by atoms with Crippen LogP contribution in [0.15, 0.2) is 175 Å². The van der Waals surface area contributed by atoms with Crippen LogP contribution in [-0.2, 0) is 55.5 Å². The summed E-state index contributed by atoms with van der Waals surface area (Å²) < 4.78 is 28.8. The molecule has 7 heterocycles. The number of alkyl carbamates (subject to hydrolysis) is 2. The van der Waals surface area contributed by atoms with Crippen LogP contribution in [0.5, 0.6) is 0 Å². The number of carbonyl (C=O) groups excluding carboxylic acids is 2. The number of fused-ring (bicyclic) bond motifs is 10. The monoisotopic (exact) mass is 1300 g/mol. The Hall–Kier alpha value is -8.58. The van der Waals surface area contributed by atoms with Crippen molar-refractivity contribution >= 4 is 63.7 Å². The van der Waals surface area contributed by atoms with E-state index in [9.17, 15) is 9.59 Å². The largest absolute Gasteiger partial charge is 0.494 e. The number of anilines is 4. The first kappa shape index (κ1) is 63.6. The van der Waals surface area contributed by atoms with E-state index in [4.69, 9.17) is 28.8 Å². The molecule has 2 amide bonds. The summed E-state index contributed by atoms with van der Waals surface area (Å²) in [6, 6.07) is 53.7. The molecule has 14 rings (SSSR count). The summed E-state index contributed by atoms with van der Waals surface area (Å²) in [4.78, 5) is 45.0. The maximum atomic E-state index is 13.1. The van der Waals surface area contributed by atoms with E-state index in [0.717, 1.165) is 154 Å². The third kappa shape index (κ3) is 13.4. The van der Waals surface area contributed by atoms with Crippen LogP contribution in [0.4, 0.5) is 32.6 Å². The van der Waals surface area contributed by atoms with Gasteiger partial charge in [0.15, 0.2) is 11.6 Å². The second-order valence-corrected chi connectivity index (χ2v) is 28.2. The van der Waals surface area contributed by atoms with Gasteiger partial charge in [0.2, 0.25) is 0 Å². The summed E-state index contributed by atoms with van der Waals surface area (Å²) in [7, 11) is -0.375. The zero-order valence-corrected chi connectivity index (χ0v) is 55.9. The third-order valence-corrected chi connectivity index (χ3v) is 18.9. The second kappa shape index (κ2) is 25.5.